The number of hydrogen-bond donors (Lipinski definition) is 1. The molecule has 2 heterocycles. The Bertz CT molecular complexity index is 562. The summed E-state index contributed by atoms with van der Waals surface area (Å²) in [5.41, 5.74) is 7.78. The molecule has 3 rings (SSSR count). The van der Waals surface area contributed by atoms with E-state index in [1.165, 1.54) is 0 Å². The number of para-hydroxylation sites is 2. The fraction of sp³-hybridized carbons (Fsp3) is 0.214. The smallest absolute Gasteiger partial charge is 0.228 e. The number of carbonyl (C=O) groups is 1. The van der Waals surface area contributed by atoms with E-state index in [-0.39, 0.29) is 11.9 Å². The molecule has 0 bridgehead atoms. The number of carbonyl (C=O) groups excluding carboxylic acids is 1. The van der Waals surface area contributed by atoms with Crippen LogP contribution in [0.3, 0.4) is 0 Å². The van der Waals surface area contributed by atoms with E-state index in [1.807, 2.05) is 53.4 Å². The van der Waals surface area contributed by atoms with Gasteiger partial charge in [-0.1, -0.05) is 12.1 Å². The highest BCUT2D eigenvalue weighted by atomic mass is 16.2. The Kier molecular flexibility index (Phi) is 2.64. The predicted molar refractivity (Wildman–Crippen MR) is 70.7 cm³/mol. The minimum absolute atomic E-state index is 0.0600. The van der Waals surface area contributed by atoms with Crippen molar-refractivity contribution in [2.45, 2.75) is 12.5 Å². The molecule has 0 spiro atoms. The number of nitrogens with zero attached hydrogens (tertiary/aromatic N) is 2. The third kappa shape index (κ3) is 1.80. The molecule has 2 aromatic rings. The molecule has 18 heavy (non-hydrogen) atoms. The zero-order chi connectivity index (χ0) is 12.5. The van der Waals surface area contributed by atoms with Gasteiger partial charge in [-0.3, -0.25) is 4.79 Å². The average Bonchev–Trinajstić information content (AvgIpc) is 2.99. The maximum absolute atomic E-state index is 11.9. The zero-order valence-electron chi connectivity index (χ0n) is 9.99. The summed E-state index contributed by atoms with van der Waals surface area (Å²) in [4.78, 5) is 13.7. The first kappa shape index (κ1) is 11.0. The van der Waals surface area contributed by atoms with Crippen molar-refractivity contribution in [3.05, 3.63) is 48.8 Å². The first-order valence-corrected chi connectivity index (χ1v) is 6.04. The Balaban J connectivity index is 2.05. The topological polar surface area (TPSA) is 51.3 Å². The summed E-state index contributed by atoms with van der Waals surface area (Å²) in [5, 5.41) is 0. The van der Waals surface area contributed by atoms with Gasteiger partial charge in [0.25, 0.3) is 0 Å². The zero-order valence-corrected chi connectivity index (χ0v) is 9.99. The van der Waals surface area contributed by atoms with E-state index in [9.17, 15) is 4.79 Å². The maximum atomic E-state index is 11.9. The summed E-state index contributed by atoms with van der Waals surface area (Å²) >= 11 is 0. The molecular formula is C14H15N3O. The van der Waals surface area contributed by atoms with Gasteiger partial charge in [0.05, 0.1) is 11.4 Å². The van der Waals surface area contributed by atoms with Crippen molar-refractivity contribution in [1.29, 1.82) is 0 Å². The van der Waals surface area contributed by atoms with E-state index in [0.29, 0.717) is 13.0 Å². The van der Waals surface area contributed by atoms with Crippen LogP contribution >= 0.6 is 0 Å². The molecule has 1 aliphatic rings. The molecule has 1 fully saturated rings. The molecule has 1 aromatic heterocycles. The van der Waals surface area contributed by atoms with Gasteiger partial charge >= 0.3 is 0 Å². The van der Waals surface area contributed by atoms with Crippen LogP contribution in [0.2, 0.25) is 0 Å². The molecule has 1 amide bonds. The second-order valence-electron chi connectivity index (χ2n) is 4.55. The van der Waals surface area contributed by atoms with Crippen molar-refractivity contribution in [3.63, 3.8) is 0 Å². The normalized spacial score (nSPS) is 19.5. The van der Waals surface area contributed by atoms with Gasteiger partial charge < -0.3 is 15.2 Å². The van der Waals surface area contributed by atoms with Crippen LogP contribution in [0.5, 0.6) is 0 Å². The van der Waals surface area contributed by atoms with Gasteiger partial charge in [0.15, 0.2) is 0 Å². The summed E-state index contributed by atoms with van der Waals surface area (Å²) in [7, 11) is 0. The number of amides is 1. The highest BCUT2D eigenvalue weighted by Crippen LogP contribution is 2.27. The molecule has 1 aromatic carbocycles. The van der Waals surface area contributed by atoms with Crippen LogP contribution in [0.4, 0.5) is 5.69 Å². The van der Waals surface area contributed by atoms with Crippen molar-refractivity contribution >= 4 is 11.6 Å². The lowest BCUT2D eigenvalue weighted by molar-refractivity contribution is -0.117. The van der Waals surface area contributed by atoms with Crippen LogP contribution < -0.4 is 10.6 Å². The van der Waals surface area contributed by atoms with E-state index >= 15 is 0 Å². The number of rotatable bonds is 2. The van der Waals surface area contributed by atoms with Crippen LogP contribution in [0, 0.1) is 0 Å². The van der Waals surface area contributed by atoms with Gasteiger partial charge in [0.1, 0.15) is 0 Å². The van der Waals surface area contributed by atoms with Gasteiger partial charge in [-0.2, -0.15) is 0 Å². The third-order valence-corrected chi connectivity index (χ3v) is 3.21. The monoisotopic (exact) mass is 241 g/mol. The molecule has 92 valence electrons. The Morgan fingerprint density at radius 1 is 1.06 bits per heavy atom. The van der Waals surface area contributed by atoms with E-state index in [0.717, 1.165) is 11.4 Å². The minimum atomic E-state index is -0.0600. The molecule has 4 nitrogen and oxygen atoms in total. The summed E-state index contributed by atoms with van der Waals surface area (Å²) in [6, 6.07) is 11.8. The molecule has 1 unspecified atom stereocenters. The number of aromatic nitrogens is 1. The molecule has 0 aliphatic carbocycles. The predicted octanol–water partition coefficient (Wildman–Crippen LogP) is 1.54. The molecule has 2 N–H and O–H groups in total. The quantitative estimate of drug-likeness (QED) is 0.867. The lowest BCUT2D eigenvalue weighted by Crippen LogP contribution is -2.28. The van der Waals surface area contributed by atoms with E-state index in [4.69, 9.17) is 5.73 Å². The van der Waals surface area contributed by atoms with Crippen LogP contribution in [-0.4, -0.2) is 23.1 Å². The van der Waals surface area contributed by atoms with Gasteiger partial charge in [0.2, 0.25) is 5.91 Å². The first-order chi connectivity index (χ1) is 8.75. The second kappa shape index (κ2) is 4.31. The van der Waals surface area contributed by atoms with Crippen molar-refractivity contribution < 1.29 is 4.79 Å². The average molecular weight is 241 g/mol. The van der Waals surface area contributed by atoms with Crippen LogP contribution in [-0.2, 0) is 4.79 Å². The van der Waals surface area contributed by atoms with Crippen molar-refractivity contribution in [3.8, 4) is 5.69 Å². The highest BCUT2D eigenvalue weighted by molar-refractivity contribution is 5.98. The van der Waals surface area contributed by atoms with E-state index in [2.05, 4.69) is 0 Å². The van der Waals surface area contributed by atoms with Gasteiger partial charge in [0, 0.05) is 31.4 Å². The molecule has 1 atom stereocenters. The Labute approximate surface area is 106 Å². The Morgan fingerprint density at radius 3 is 2.33 bits per heavy atom. The lowest BCUT2D eigenvalue weighted by atomic mass is 10.2. The second-order valence-corrected chi connectivity index (χ2v) is 4.55. The van der Waals surface area contributed by atoms with E-state index < -0.39 is 0 Å². The van der Waals surface area contributed by atoms with Gasteiger partial charge in [-0.25, -0.2) is 0 Å². The number of benzene rings is 1. The van der Waals surface area contributed by atoms with Crippen molar-refractivity contribution in [2.75, 3.05) is 11.4 Å². The molecule has 1 aliphatic heterocycles. The van der Waals surface area contributed by atoms with Crippen LogP contribution in [0.15, 0.2) is 48.8 Å². The molecule has 1 saturated heterocycles. The summed E-state index contributed by atoms with van der Waals surface area (Å²) < 4.78 is 2.01. The fourth-order valence-corrected chi connectivity index (χ4v) is 2.37. The molecule has 0 saturated carbocycles. The molecular weight excluding hydrogens is 226 g/mol. The number of hydrogen-bond acceptors (Lipinski definition) is 2. The lowest BCUT2D eigenvalue weighted by Gasteiger charge is -2.20. The van der Waals surface area contributed by atoms with Crippen LogP contribution in [0.1, 0.15) is 6.42 Å². The fourth-order valence-electron chi connectivity index (χ4n) is 2.37. The van der Waals surface area contributed by atoms with Crippen molar-refractivity contribution in [1.82, 2.24) is 4.57 Å². The summed E-state index contributed by atoms with van der Waals surface area (Å²) in [6.07, 6.45) is 4.37. The van der Waals surface area contributed by atoms with Gasteiger partial charge in [-0.05, 0) is 24.3 Å². The largest absolute Gasteiger partial charge is 0.326 e. The van der Waals surface area contributed by atoms with Crippen molar-refractivity contribution in [2.24, 2.45) is 5.73 Å². The maximum Gasteiger partial charge on any atom is 0.228 e. The minimum Gasteiger partial charge on any atom is -0.326 e. The van der Waals surface area contributed by atoms with E-state index in [1.54, 1.807) is 4.90 Å². The highest BCUT2D eigenvalue weighted by Gasteiger charge is 2.29. The SMILES string of the molecule is NC1CC(=O)N(c2ccccc2-n2cccc2)C1. The molecule has 0 radical (unpaired) electrons. The Hall–Kier alpha value is -2.07. The molecule has 4 heteroatoms. The first-order valence-electron chi connectivity index (χ1n) is 6.04. The Morgan fingerprint density at radius 2 is 1.72 bits per heavy atom. The van der Waals surface area contributed by atoms with Gasteiger partial charge in [-0.15, -0.1) is 0 Å². The summed E-state index contributed by atoms with van der Waals surface area (Å²) in [6.45, 7) is 0.594. The summed E-state index contributed by atoms with van der Waals surface area (Å²) in [5.74, 6) is 0.0992. The number of nitrogens with two attached hydrogens (primary N) is 1. The standard InChI is InChI=1S/C14H15N3O/c15-11-9-14(18)17(10-11)13-6-2-1-5-12(13)16-7-3-4-8-16/h1-8,11H,9-10,15H2. The van der Waals surface area contributed by atoms with Crippen LogP contribution in [0.25, 0.3) is 5.69 Å². The number of anilines is 1. The third-order valence-electron chi connectivity index (χ3n) is 3.21.